The minimum Gasteiger partial charge on any atom is -0.385 e. The first-order chi connectivity index (χ1) is 7.62. The van der Waals surface area contributed by atoms with Gasteiger partial charge in [0, 0.05) is 26.3 Å². The van der Waals surface area contributed by atoms with Crippen LogP contribution in [0.3, 0.4) is 0 Å². The molecule has 2 rings (SSSR count). The van der Waals surface area contributed by atoms with Gasteiger partial charge in [0.15, 0.2) is 0 Å². The van der Waals surface area contributed by atoms with Crippen LogP contribution in [-0.2, 0) is 4.74 Å². The van der Waals surface area contributed by atoms with Crippen LogP contribution in [0.5, 0.6) is 0 Å². The zero-order chi connectivity index (χ0) is 11.6. The number of ether oxygens (including phenoxy) is 1. The van der Waals surface area contributed by atoms with Crippen molar-refractivity contribution >= 4 is 0 Å². The van der Waals surface area contributed by atoms with Gasteiger partial charge in [-0.05, 0) is 49.4 Å². The fraction of sp³-hybridized carbons (Fsp3) is 1.00. The summed E-state index contributed by atoms with van der Waals surface area (Å²) < 4.78 is 5.18. The van der Waals surface area contributed by atoms with E-state index in [1.807, 2.05) is 0 Å². The standard InChI is InChI=1S/C14H27NO/c1-14(2,8-9-16-3)10-15-13(11-4-5-11)12-6-7-12/h11-13,15H,4-10H2,1-3H3. The van der Waals surface area contributed by atoms with Gasteiger partial charge in [0.05, 0.1) is 0 Å². The van der Waals surface area contributed by atoms with Crippen LogP contribution in [0.25, 0.3) is 0 Å². The van der Waals surface area contributed by atoms with Crippen LogP contribution >= 0.6 is 0 Å². The number of rotatable bonds is 8. The zero-order valence-electron chi connectivity index (χ0n) is 11.1. The van der Waals surface area contributed by atoms with Gasteiger partial charge in [-0.25, -0.2) is 0 Å². The van der Waals surface area contributed by atoms with Crippen LogP contribution in [0.4, 0.5) is 0 Å². The van der Waals surface area contributed by atoms with Gasteiger partial charge in [-0.3, -0.25) is 0 Å². The summed E-state index contributed by atoms with van der Waals surface area (Å²) in [6.07, 6.45) is 7.01. The van der Waals surface area contributed by atoms with Crippen molar-refractivity contribution in [3.63, 3.8) is 0 Å². The number of hydrogen-bond donors (Lipinski definition) is 1. The average Bonchev–Trinajstić information content (AvgIpc) is 3.06. The Balaban J connectivity index is 1.71. The molecule has 0 saturated heterocycles. The van der Waals surface area contributed by atoms with Crippen LogP contribution < -0.4 is 5.32 Å². The molecule has 2 fully saturated rings. The summed E-state index contributed by atoms with van der Waals surface area (Å²) in [5, 5.41) is 3.84. The lowest BCUT2D eigenvalue weighted by Crippen LogP contribution is -2.40. The minimum atomic E-state index is 0.373. The number of hydrogen-bond acceptors (Lipinski definition) is 2. The Morgan fingerprint density at radius 3 is 2.19 bits per heavy atom. The van der Waals surface area contributed by atoms with E-state index in [-0.39, 0.29) is 0 Å². The largest absolute Gasteiger partial charge is 0.385 e. The molecule has 94 valence electrons. The predicted molar refractivity (Wildman–Crippen MR) is 67.5 cm³/mol. The van der Waals surface area contributed by atoms with Gasteiger partial charge in [0.1, 0.15) is 0 Å². The Morgan fingerprint density at radius 2 is 1.75 bits per heavy atom. The van der Waals surface area contributed by atoms with Gasteiger partial charge in [-0.15, -0.1) is 0 Å². The lowest BCUT2D eigenvalue weighted by atomic mass is 9.89. The lowest BCUT2D eigenvalue weighted by Gasteiger charge is -2.28. The monoisotopic (exact) mass is 225 g/mol. The molecule has 0 amide bonds. The van der Waals surface area contributed by atoms with E-state index in [0.717, 1.165) is 37.5 Å². The molecule has 0 aromatic heterocycles. The maximum absolute atomic E-state index is 5.18. The molecule has 0 heterocycles. The van der Waals surface area contributed by atoms with Crippen LogP contribution in [-0.4, -0.2) is 26.3 Å². The molecule has 0 atom stereocenters. The molecule has 2 nitrogen and oxygen atoms in total. The molecule has 2 saturated carbocycles. The summed E-state index contributed by atoms with van der Waals surface area (Å²) in [5.74, 6) is 2.01. The molecule has 2 heteroatoms. The first-order valence-corrected chi connectivity index (χ1v) is 6.85. The highest BCUT2D eigenvalue weighted by molar-refractivity contribution is 4.96. The van der Waals surface area contributed by atoms with E-state index in [0.29, 0.717) is 5.41 Å². The van der Waals surface area contributed by atoms with Crippen LogP contribution in [0.1, 0.15) is 46.0 Å². The van der Waals surface area contributed by atoms with E-state index in [1.54, 1.807) is 7.11 Å². The molecule has 1 N–H and O–H groups in total. The Labute approximate surface area is 100 Å². The second kappa shape index (κ2) is 5.05. The smallest absolute Gasteiger partial charge is 0.0467 e. The van der Waals surface area contributed by atoms with E-state index in [1.165, 1.54) is 25.7 Å². The van der Waals surface area contributed by atoms with Crippen molar-refractivity contribution in [3.8, 4) is 0 Å². The molecule has 0 radical (unpaired) electrons. The quantitative estimate of drug-likeness (QED) is 0.686. The summed E-state index contributed by atoms with van der Waals surface area (Å²) in [5.41, 5.74) is 0.373. The normalized spacial score (nSPS) is 21.8. The highest BCUT2D eigenvalue weighted by atomic mass is 16.5. The maximum atomic E-state index is 5.18. The Bertz CT molecular complexity index is 207. The van der Waals surface area contributed by atoms with E-state index in [2.05, 4.69) is 19.2 Å². The third-order valence-corrected chi connectivity index (χ3v) is 4.06. The van der Waals surface area contributed by atoms with Crippen molar-refractivity contribution in [3.05, 3.63) is 0 Å². The molecule has 2 aliphatic rings. The highest BCUT2D eigenvalue weighted by Crippen LogP contribution is 2.44. The van der Waals surface area contributed by atoms with E-state index in [4.69, 9.17) is 4.74 Å². The zero-order valence-corrected chi connectivity index (χ0v) is 11.1. The van der Waals surface area contributed by atoms with Gasteiger partial charge in [0.2, 0.25) is 0 Å². The molecular formula is C14H27NO. The number of nitrogens with one attached hydrogen (secondary N) is 1. The van der Waals surface area contributed by atoms with Crippen molar-refractivity contribution in [2.45, 2.75) is 52.0 Å². The highest BCUT2D eigenvalue weighted by Gasteiger charge is 2.41. The van der Waals surface area contributed by atoms with Gasteiger partial charge in [-0.1, -0.05) is 13.8 Å². The fourth-order valence-electron chi connectivity index (χ4n) is 2.49. The van der Waals surface area contributed by atoms with Gasteiger partial charge < -0.3 is 10.1 Å². The predicted octanol–water partition coefficient (Wildman–Crippen LogP) is 2.83. The summed E-state index contributed by atoms with van der Waals surface area (Å²) in [6, 6.07) is 0.835. The maximum Gasteiger partial charge on any atom is 0.0467 e. The summed E-state index contributed by atoms with van der Waals surface area (Å²) in [7, 11) is 1.79. The molecule has 0 spiro atoms. The second-order valence-electron chi connectivity index (χ2n) is 6.49. The Kier molecular flexibility index (Phi) is 3.91. The first-order valence-electron chi connectivity index (χ1n) is 6.85. The van der Waals surface area contributed by atoms with Crippen LogP contribution in [0.15, 0.2) is 0 Å². The Morgan fingerprint density at radius 1 is 1.19 bits per heavy atom. The van der Waals surface area contributed by atoms with Gasteiger partial charge in [0.25, 0.3) is 0 Å². The first kappa shape index (κ1) is 12.4. The molecule has 0 aliphatic heterocycles. The molecular weight excluding hydrogens is 198 g/mol. The average molecular weight is 225 g/mol. The SMILES string of the molecule is COCCC(C)(C)CNC(C1CC1)C1CC1. The third-order valence-electron chi connectivity index (χ3n) is 4.06. The summed E-state index contributed by atoms with van der Waals surface area (Å²) in [4.78, 5) is 0. The van der Waals surface area contributed by atoms with Crippen molar-refractivity contribution in [1.82, 2.24) is 5.32 Å². The van der Waals surface area contributed by atoms with Crippen molar-refractivity contribution < 1.29 is 4.74 Å². The second-order valence-corrected chi connectivity index (χ2v) is 6.49. The van der Waals surface area contributed by atoms with Crippen LogP contribution in [0, 0.1) is 17.3 Å². The van der Waals surface area contributed by atoms with E-state index < -0.39 is 0 Å². The Hall–Kier alpha value is -0.0800. The van der Waals surface area contributed by atoms with Gasteiger partial charge in [-0.2, -0.15) is 0 Å². The van der Waals surface area contributed by atoms with Crippen molar-refractivity contribution in [2.24, 2.45) is 17.3 Å². The minimum absolute atomic E-state index is 0.373. The topological polar surface area (TPSA) is 21.3 Å². The van der Waals surface area contributed by atoms with Crippen LogP contribution in [0.2, 0.25) is 0 Å². The lowest BCUT2D eigenvalue weighted by molar-refractivity contribution is 0.147. The third kappa shape index (κ3) is 3.74. The number of methoxy groups -OCH3 is 1. The van der Waals surface area contributed by atoms with E-state index >= 15 is 0 Å². The summed E-state index contributed by atoms with van der Waals surface area (Å²) >= 11 is 0. The van der Waals surface area contributed by atoms with E-state index in [9.17, 15) is 0 Å². The molecule has 0 aromatic rings. The molecule has 16 heavy (non-hydrogen) atoms. The molecule has 0 unspecified atom stereocenters. The molecule has 0 aromatic carbocycles. The fourth-order valence-corrected chi connectivity index (χ4v) is 2.49. The molecule has 2 aliphatic carbocycles. The summed E-state index contributed by atoms with van der Waals surface area (Å²) in [6.45, 7) is 6.71. The molecule has 0 bridgehead atoms. The van der Waals surface area contributed by atoms with Gasteiger partial charge >= 0.3 is 0 Å². The van der Waals surface area contributed by atoms with Crippen molar-refractivity contribution in [1.29, 1.82) is 0 Å². The van der Waals surface area contributed by atoms with Crippen molar-refractivity contribution in [2.75, 3.05) is 20.3 Å².